The van der Waals surface area contributed by atoms with Gasteiger partial charge in [0.05, 0.1) is 10.2 Å². The third-order valence-electron chi connectivity index (χ3n) is 1.73. The number of nitrogens with one attached hydrogen (secondary N) is 1. The van der Waals surface area contributed by atoms with Gasteiger partial charge in [0.2, 0.25) is 5.91 Å². The van der Waals surface area contributed by atoms with Crippen LogP contribution >= 0.6 is 27.3 Å². The molecule has 1 heterocycles. The molecule has 5 heteroatoms. The van der Waals surface area contributed by atoms with Crippen molar-refractivity contribution in [2.24, 2.45) is 0 Å². The van der Waals surface area contributed by atoms with Crippen LogP contribution in [0.2, 0.25) is 0 Å². The van der Waals surface area contributed by atoms with Crippen molar-refractivity contribution in [3.63, 3.8) is 0 Å². The summed E-state index contributed by atoms with van der Waals surface area (Å²) in [5.41, 5.74) is 0. The lowest BCUT2D eigenvalue weighted by atomic mass is 10.3. The number of carbonyl (C=O) groups excluding carboxylic acids is 2. The highest BCUT2D eigenvalue weighted by Gasteiger charge is 2.04. The van der Waals surface area contributed by atoms with Crippen LogP contribution in [0.1, 0.15) is 18.2 Å². The SMILES string of the molecule is CC(=O)CC(=O)NCCc1ccc(Br)s1. The van der Waals surface area contributed by atoms with E-state index >= 15 is 0 Å². The molecule has 0 aromatic carbocycles. The number of carbonyl (C=O) groups is 2. The highest BCUT2D eigenvalue weighted by molar-refractivity contribution is 9.11. The molecule has 0 radical (unpaired) electrons. The summed E-state index contributed by atoms with van der Waals surface area (Å²) in [5.74, 6) is -0.301. The molecular formula is C10H12BrNO2S. The normalized spacial score (nSPS) is 10.0. The van der Waals surface area contributed by atoms with Gasteiger partial charge in [0, 0.05) is 11.4 Å². The standard InChI is InChI=1S/C10H12BrNO2S/c1-7(13)6-10(14)12-5-4-8-2-3-9(11)15-8/h2-3H,4-6H2,1H3,(H,12,14). The molecule has 0 saturated carbocycles. The Kier molecular flexibility index (Phi) is 4.98. The summed E-state index contributed by atoms with van der Waals surface area (Å²) in [4.78, 5) is 22.9. The van der Waals surface area contributed by atoms with E-state index in [9.17, 15) is 9.59 Å². The number of halogens is 1. The lowest BCUT2D eigenvalue weighted by Gasteiger charge is -2.01. The average molecular weight is 290 g/mol. The Morgan fingerprint density at radius 3 is 2.73 bits per heavy atom. The summed E-state index contributed by atoms with van der Waals surface area (Å²) < 4.78 is 1.09. The molecule has 1 aromatic rings. The van der Waals surface area contributed by atoms with Crippen LogP contribution in [0.25, 0.3) is 0 Å². The number of rotatable bonds is 5. The minimum absolute atomic E-state index is 0.0197. The number of ketones is 1. The fraction of sp³-hybridized carbons (Fsp3) is 0.400. The number of thiophene rings is 1. The van der Waals surface area contributed by atoms with Crippen molar-refractivity contribution < 1.29 is 9.59 Å². The lowest BCUT2D eigenvalue weighted by molar-refractivity contribution is -0.127. The van der Waals surface area contributed by atoms with Crippen molar-refractivity contribution in [1.29, 1.82) is 0 Å². The van der Waals surface area contributed by atoms with Gasteiger partial charge < -0.3 is 5.32 Å². The van der Waals surface area contributed by atoms with Gasteiger partial charge in [0.1, 0.15) is 5.78 Å². The summed E-state index contributed by atoms with van der Waals surface area (Å²) >= 11 is 5.02. The summed E-state index contributed by atoms with van der Waals surface area (Å²) in [6.07, 6.45) is 0.786. The Bertz CT molecular complexity index is 362. The maximum absolute atomic E-state index is 11.1. The molecule has 1 amide bonds. The molecule has 0 spiro atoms. The van der Waals surface area contributed by atoms with Crippen molar-refractivity contribution in [1.82, 2.24) is 5.32 Å². The zero-order chi connectivity index (χ0) is 11.3. The molecule has 82 valence electrons. The van der Waals surface area contributed by atoms with Gasteiger partial charge in [-0.1, -0.05) is 0 Å². The van der Waals surface area contributed by atoms with Gasteiger partial charge in [-0.2, -0.15) is 0 Å². The summed E-state index contributed by atoms with van der Waals surface area (Å²) in [5, 5.41) is 2.70. The van der Waals surface area contributed by atoms with Crippen molar-refractivity contribution in [2.75, 3.05) is 6.54 Å². The first-order valence-corrected chi connectivity index (χ1v) is 6.19. The van der Waals surface area contributed by atoms with E-state index in [-0.39, 0.29) is 18.1 Å². The van der Waals surface area contributed by atoms with Crippen LogP contribution in [-0.2, 0) is 16.0 Å². The second kappa shape index (κ2) is 6.02. The van der Waals surface area contributed by atoms with Crippen LogP contribution in [0.15, 0.2) is 15.9 Å². The van der Waals surface area contributed by atoms with Crippen molar-refractivity contribution >= 4 is 39.0 Å². The number of hydrogen-bond acceptors (Lipinski definition) is 3. The van der Waals surface area contributed by atoms with E-state index in [0.717, 1.165) is 10.2 Å². The van der Waals surface area contributed by atoms with Gasteiger partial charge in [0.15, 0.2) is 0 Å². The fourth-order valence-corrected chi connectivity index (χ4v) is 2.58. The Morgan fingerprint density at radius 1 is 1.47 bits per heavy atom. The maximum Gasteiger partial charge on any atom is 0.227 e. The Morgan fingerprint density at radius 2 is 2.20 bits per heavy atom. The van der Waals surface area contributed by atoms with E-state index in [4.69, 9.17) is 0 Å². The number of Topliss-reactive ketones (excluding diaryl/α,β-unsaturated/α-hetero) is 1. The molecule has 3 nitrogen and oxygen atoms in total. The Labute approximate surface area is 101 Å². The minimum Gasteiger partial charge on any atom is -0.355 e. The zero-order valence-electron chi connectivity index (χ0n) is 8.38. The molecule has 1 N–H and O–H groups in total. The van der Waals surface area contributed by atoms with Crippen LogP contribution in [0.4, 0.5) is 0 Å². The predicted molar refractivity (Wildman–Crippen MR) is 64.0 cm³/mol. The molecule has 1 rings (SSSR count). The number of hydrogen-bond donors (Lipinski definition) is 1. The molecule has 0 aliphatic heterocycles. The first-order chi connectivity index (χ1) is 7.08. The molecule has 0 saturated heterocycles. The Balaban J connectivity index is 2.22. The topological polar surface area (TPSA) is 46.2 Å². The highest BCUT2D eigenvalue weighted by atomic mass is 79.9. The fourth-order valence-electron chi connectivity index (χ4n) is 1.10. The first kappa shape index (κ1) is 12.4. The average Bonchev–Trinajstić information content (AvgIpc) is 2.50. The summed E-state index contributed by atoms with van der Waals surface area (Å²) in [7, 11) is 0. The second-order valence-electron chi connectivity index (χ2n) is 3.18. The van der Waals surface area contributed by atoms with Crippen molar-refractivity contribution in [3.8, 4) is 0 Å². The molecule has 0 fully saturated rings. The molecule has 0 aliphatic carbocycles. The Hall–Kier alpha value is -0.680. The molecule has 0 aliphatic rings. The second-order valence-corrected chi connectivity index (χ2v) is 5.73. The van der Waals surface area contributed by atoms with Gasteiger partial charge in [-0.25, -0.2) is 0 Å². The van der Waals surface area contributed by atoms with Gasteiger partial charge >= 0.3 is 0 Å². The van der Waals surface area contributed by atoms with Gasteiger partial charge in [-0.3, -0.25) is 9.59 Å². The molecule has 15 heavy (non-hydrogen) atoms. The van der Waals surface area contributed by atoms with Gasteiger partial charge in [0.25, 0.3) is 0 Å². The molecule has 0 bridgehead atoms. The summed E-state index contributed by atoms with van der Waals surface area (Å²) in [6.45, 7) is 2.00. The maximum atomic E-state index is 11.1. The van der Waals surface area contributed by atoms with Crippen LogP contribution < -0.4 is 5.32 Å². The highest BCUT2D eigenvalue weighted by Crippen LogP contribution is 2.21. The van der Waals surface area contributed by atoms with Crippen molar-refractivity contribution in [2.45, 2.75) is 19.8 Å². The molecule has 0 atom stereocenters. The smallest absolute Gasteiger partial charge is 0.227 e. The predicted octanol–water partition coefficient (Wildman–Crippen LogP) is 2.15. The van der Waals surface area contributed by atoms with Crippen LogP contribution in [0.5, 0.6) is 0 Å². The molecule has 0 unspecified atom stereocenters. The van der Waals surface area contributed by atoms with Gasteiger partial charge in [-0.05, 0) is 41.4 Å². The molecular weight excluding hydrogens is 278 g/mol. The van der Waals surface area contributed by atoms with E-state index in [2.05, 4.69) is 21.2 Å². The zero-order valence-corrected chi connectivity index (χ0v) is 10.8. The quantitative estimate of drug-likeness (QED) is 0.845. The third kappa shape index (κ3) is 5.09. The monoisotopic (exact) mass is 289 g/mol. The minimum atomic E-state index is -0.196. The van der Waals surface area contributed by atoms with E-state index in [0.29, 0.717) is 6.54 Å². The van der Waals surface area contributed by atoms with Crippen LogP contribution in [-0.4, -0.2) is 18.2 Å². The van der Waals surface area contributed by atoms with E-state index in [1.807, 2.05) is 12.1 Å². The van der Waals surface area contributed by atoms with E-state index in [1.54, 1.807) is 11.3 Å². The third-order valence-corrected chi connectivity index (χ3v) is 3.42. The lowest BCUT2D eigenvalue weighted by Crippen LogP contribution is -2.26. The largest absolute Gasteiger partial charge is 0.355 e. The number of amides is 1. The van der Waals surface area contributed by atoms with Crippen LogP contribution in [0.3, 0.4) is 0 Å². The van der Waals surface area contributed by atoms with E-state index in [1.165, 1.54) is 11.8 Å². The van der Waals surface area contributed by atoms with Crippen molar-refractivity contribution in [3.05, 3.63) is 20.8 Å². The molecule has 1 aromatic heterocycles. The van der Waals surface area contributed by atoms with Gasteiger partial charge in [-0.15, -0.1) is 11.3 Å². The van der Waals surface area contributed by atoms with E-state index < -0.39 is 0 Å². The first-order valence-electron chi connectivity index (χ1n) is 4.58. The summed E-state index contributed by atoms with van der Waals surface area (Å²) in [6, 6.07) is 4.00. The van der Waals surface area contributed by atoms with Crippen LogP contribution in [0, 0.1) is 0 Å².